The second-order valence-corrected chi connectivity index (χ2v) is 6.26. The number of benzene rings is 1. The van der Waals surface area contributed by atoms with Crippen LogP contribution in [0.1, 0.15) is 46.9 Å². The summed E-state index contributed by atoms with van der Waals surface area (Å²) < 4.78 is 15.3. The van der Waals surface area contributed by atoms with Gasteiger partial charge in [-0.15, -0.1) is 0 Å². The van der Waals surface area contributed by atoms with Gasteiger partial charge in [-0.05, 0) is 30.5 Å². The molecule has 0 aliphatic heterocycles. The SMILES string of the molecule is Cc1ccc(C(=O)NCCNCc2cn(C)nc2C(C)C)cc1F. The van der Waals surface area contributed by atoms with Crippen LogP contribution in [0.15, 0.2) is 24.4 Å². The molecule has 0 saturated heterocycles. The summed E-state index contributed by atoms with van der Waals surface area (Å²) >= 11 is 0. The van der Waals surface area contributed by atoms with Gasteiger partial charge in [-0.2, -0.15) is 5.10 Å². The van der Waals surface area contributed by atoms with Gasteiger partial charge < -0.3 is 10.6 Å². The van der Waals surface area contributed by atoms with Gasteiger partial charge in [0.1, 0.15) is 5.82 Å². The van der Waals surface area contributed by atoms with E-state index in [4.69, 9.17) is 0 Å². The number of carbonyl (C=O) groups is 1. The van der Waals surface area contributed by atoms with Crippen molar-refractivity contribution >= 4 is 5.91 Å². The molecule has 2 aromatic rings. The highest BCUT2D eigenvalue weighted by Crippen LogP contribution is 2.16. The lowest BCUT2D eigenvalue weighted by Crippen LogP contribution is -2.31. The topological polar surface area (TPSA) is 59.0 Å². The maximum Gasteiger partial charge on any atom is 0.251 e. The van der Waals surface area contributed by atoms with E-state index >= 15 is 0 Å². The second kappa shape index (κ2) is 8.06. The van der Waals surface area contributed by atoms with E-state index in [2.05, 4.69) is 29.6 Å². The van der Waals surface area contributed by atoms with E-state index in [0.29, 0.717) is 36.7 Å². The van der Waals surface area contributed by atoms with Crippen molar-refractivity contribution in [2.45, 2.75) is 33.2 Å². The van der Waals surface area contributed by atoms with Crippen molar-refractivity contribution in [1.29, 1.82) is 0 Å². The molecule has 0 saturated carbocycles. The van der Waals surface area contributed by atoms with Crippen LogP contribution in [-0.4, -0.2) is 28.8 Å². The van der Waals surface area contributed by atoms with Gasteiger partial charge in [-0.3, -0.25) is 9.48 Å². The molecule has 0 spiro atoms. The fourth-order valence-corrected chi connectivity index (χ4v) is 2.50. The maximum atomic E-state index is 13.5. The Hall–Kier alpha value is -2.21. The molecular formula is C18H25FN4O. The summed E-state index contributed by atoms with van der Waals surface area (Å²) in [5.74, 6) is -0.252. The third-order valence-corrected chi connectivity index (χ3v) is 3.82. The zero-order valence-corrected chi connectivity index (χ0v) is 14.7. The van der Waals surface area contributed by atoms with Crippen LogP contribution >= 0.6 is 0 Å². The number of carbonyl (C=O) groups excluding carboxylic acids is 1. The van der Waals surface area contributed by atoms with Crippen LogP contribution in [0.25, 0.3) is 0 Å². The van der Waals surface area contributed by atoms with Crippen LogP contribution in [0.5, 0.6) is 0 Å². The molecule has 0 aliphatic rings. The maximum absolute atomic E-state index is 13.5. The minimum absolute atomic E-state index is 0.264. The van der Waals surface area contributed by atoms with Crippen LogP contribution in [0.3, 0.4) is 0 Å². The Labute approximate surface area is 142 Å². The minimum Gasteiger partial charge on any atom is -0.351 e. The first-order valence-electron chi connectivity index (χ1n) is 8.16. The lowest BCUT2D eigenvalue weighted by molar-refractivity contribution is 0.0953. The van der Waals surface area contributed by atoms with E-state index in [-0.39, 0.29) is 11.7 Å². The van der Waals surface area contributed by atoms with Crippen LogP contribution in [0, 0.1) is 12.7 Å². The molecule has 0 fully saturated rings. The predicted octanol–water partition coefficient (Wildman–Crippen LogP) is 2.51. The van der Waals surface area contributed by atoms with Gasteiger partial charge in [0, 0.05) is 44.0 Å². The van der Waals surface area contributed by atoms with Gasteiger partial charge in [0.25, 0.3) is 5.91 Å². The zero-order valence-electron chi connectivity index (χ0n) is 14.7. The normalized spacial score (nSPS) is 11.1. The Morgan fingerprint density at radius 1 is 1.33 bits per heavy atom. The van der Waals surface area contributed by atoms with Crippen molar-refractivity contribution in [2.75, 3.05) is 13.1 Å². The number of aromatic nitrogens is 2. The van der Waals surface area contributed by atoms with Crippen LogP contribution in [0.4, 0.5) is 4.39 Å². The molecule has 0 unspecified atom stereocenters. The number of hydrogen-bond donors (Lipinski definition) is 2. The zero-order chi connectivity index (χ0) is 17.7. The Kier molecular flexibility index (Phi) is 6.09. The fourth-order valence-electron chi connectivity index (χ4n) is 2.50. The Bertz CT molecular complexity index is 709. The van der Waals surface area contributed by atoms with E-state index in [1.807, 2.05) is 17.9 Å². The lowest BCUT2D eigenvalue weighted by Gasteiger charge is -2.09. The van der Waals surface area contributed by atoms with Crippen molar-refractivity contribution in [1.82, 2.24) is 20.4 Å². The summed E-state index contributed by atoms with van der Waals surface area (Å²) in [6.45, 7) is 7.72. The number of rotatable bonds is 7. The summed E-state index contributed by atoms with van der Waals surface area (Å²) in [7, 11) is 1.91. The Morgan fingerprint density at radius 2 is 2.08 bits per heavy atom. The molecule has 130 valence electrons. The van der Waals surface area contributed by atoms with E-state index in [1.165, 1.54) is 11.6 Å². The molecular weight excluding hydrogens is 307 g/mol. The molecule has 2 N–H and O–H groups in total. The van der Waals surface area contributed by atoms with Gasteiger partial charge in [0.05, 0.1) is 5.69 Å². The number of nitrogens with one attached hydrogen (secondary N) is 2. The van der Waals surface area contributed by atoms with Crippen molar-refractivity contribution < 1.29 is 9.18 Å². The van der Waals surface area contributed by atoms with Crippen LogP contribution < -0.4 is 10.6 Å². The highest BCUT2D eigenvalue weighted by Gasteiger charge is 2.11. The summed E-state index contributed by atoms with van der Waals surface area (Å²) in [5, 5.41) is 10.5. The molecule has 1 heterocycles. The Balaban J connectivity index is 1.77. The highest BCUT2D eigenvalue weighted by atomic mass is 19.1. The second-order valence-electron chi connectivity index (χ2n) is 6.26. The number of nitrogens with zero attached hydrogens (tertiary/aromatic N) is 2. The molecule has 0 aliphatic carbocycles. The van der Waals surface area contributed by atoms with Gasteiger partial charge in [0.15, 0.2) is 0 Å². The average molecular weight is 332 g/mol. The van der Waals surface area contributed by atoms with Crippen LogP contribution in [-0.2, 0) is 13.6 Å². The predicted molar refractivity (Wildman–Crippen MR) is 92.5 cm³/mol. The number of aryl methyl sites for hydroxylation is 2. The molecule has 2 rings (SSSR count). The standard InChI is InChI=1S/C18H25FN4O/c1-12(2)17-15(11-23(4)22-17)10-20-7-8-21-18(24)14-6-5-13(3)16(19)9-14/h5-6,9,11-12,20H,7-8,10H2,1-4H3,(H,21,24). The molecule has 0 bridgehead atoms. The average Bonchev–Trinajstić information content (AvgIpc) is 2.90. The molecule has 1 aromatic carbocycles. The molecule has 0 radical (unpaired) electrons. The van der Waals surface area contributed by atoms with Crippen molar-refractivity contribution in [3.63, 3.8) is 0 Å². The third kappa shape index (κ3) is 4.64. The first-order valence-corrected chi connectivity index (χ1v) is 8.16. The van der Waals surface area contributed by atoms with Gasteiger partial charge in [-0.25, -0.2) is 4.39 Å². The summed E-state index contributed by atoms with van der Waals surface area (Å²) in [4.78, 5) is 12.0. The molecule has 1 aromatic heterocycles. The van der Waals surface area contributed by atoms with Gasteiger partial charge >= 0.3 is 0 Å². The largest absolute Gasteiger partial charge is 0.351 e. The molecule has 0 atom stereocenters. The highest BCUT2D eigenvalue weighted by molar-refractivity contribution is 5.94. The summed E-state index contributed by atoms with van der Waals surface area (Å²) in [6, 6.07) is 4.51. The van der Waals surface area contributed by atoms with E-state index in [9.17, 15) is 9.18 Å². The number of halogens is 1. The van der Waals surface area contributed by atoms with Gasteiger partial charge in [0.2, 0.25) is 0 Å². The number of hydrogen-bond acceptors (Lipinski definition) is 3. The van der Waals surface area contributed by atoms with Crippen molar-refractivity contribution in [3.05, 3.63) is 52.6 Å². The lowest BCUT2D eigenvalue weighted by atomic mass is 10.1. The first-order chi connectivity index (χ1) is 11.4. The molecule has 1 amide bonds. The summed E-state index contributed by atoms with van der Waals surface area (Å²) in [5.41, 5.74) is 3.13. The van der Waals surface area contributed by atoms with E-state index in [0.717, 1.165) is 5.69 Å². The molecule has 24 heavy (non-hydrogen) atoms. The Morgan fingerprint density at radius 3 is 2.75 bits per heavy atom. The fraction of sp³-hybridized carbons (Fsp3) is 0.444. The number of amides is 1. The first kappa shape index (κ1) is 18.1. The van der Waals surface area contributed by atoms with E-state index < -0.39 is 0 Å². The van der Waals surface area contributed by atoms with Crippen molar-refractivity contribution in [3.8, 4) is 0 Å². The quantitative estimate of drug-likeness (QED) is 0.766. The smallest absolute Gasteiger partial charge is 0.251 e. The monoisotopic (exact) mass is 332 g/mol. The third-order valence-electron chi connectivity index (χ3n) is 3.82. The minimum atomic E-state index is -0.362. The molecule has 6 heteroatoms. The molecule has 5 nitrogen and oxygen atoms in total. The van der Waals surface area contributed by atoms with Gasteiger partial charge in [-0.1, -0.05) is 19.9 Å². The van der Waals surface area contributed by atoms with Crippen LogP contribution in [0.2, 0.25) is 0 Å². The van der Waals surface area contributed by atoms with E-state index in [1.54, 1.807) is 19.1 Å². The summed E-state index contributed by atoms with van der Waals surface area (Å²) in [6.07, 6.45) is 2.01. The van der Waals surface area contributed by atoms with Crippen molar-refractivity contribution in [2.24, 2.45) is 7.05 Å².